The third kappa shape index (κ3) is 4.27. The molecule has 6 atom stereocenters. The highest BCUT2D eigenvalue weighted by atomic mass is 35.5. The standard InChI is InChI=1S/C20H31ClFN3O4/c1-3-16-23-11(2)17(29-16)18(27)25-20-8-19(9-20,10-20)24-15(26)7-28-12-4-5-13(21)14(22)6-12/h11-14,16-17,23H,3-10H2,1-2H3,(H,24,26)(H,25,27). The normalized spacial score (nSPS) is 45.8. The zero-order chi connectivity index (χ0) is 20.8. The van der Waals surface area contributed by atoms with Crippen molar-refractivity contribution in [3.8, 4) is 0 Å². The summed E-state index contributed by atoms with van der Waals surface area (Å²) in [4.78, 5) is 24.8. The highest BCUT2D eigenvalue weighted by Gasteiger charge is 2.69. The van der Waals surface area contributed by atoms with Crippen LogP contribution in [0, 0.1) is 0 Å². The highest BCUT2D eigenvalue weighted by Crippen LogP contribution is 2.60. The van der Waals surface area contributed by atoms with Crippen molar-refractivity contribution in [2.45, 2.75) is 106 Å². The molecule has 1 heterocycles. The molecular formula is C20H31ClFN3O4. The number of carbonyl (C=O) groups excluding carboxylic acids is 2. The fourth-order valence-electron chi connectivity index (χ4n) is 5.32. The summed E-state index contributed by atoms with van der Waals surface area (Å²) in [6.07, 6.45) is 2.62. The van der Waals surface area contributed by atoms with Crippen LogP contribution in [0.2, 0.25) is 0 Å². The first-order chi connectivity index (χ1) is 13.7. The Labute approximate surface area is 175 Å². The van der Waals surface area contributed by atoms with Gasteiger partial charge >= 0.3 is 0 Å². The van der Waals surface area contributed by atoms with Gasteiger partial charge in [-0.05, 0) is 45.4 Å². The molecule has 2 bridgehead atoms. The van der Waals surface area contributed by atoms with Crippen molar-refractivity contribution in [2.24, 2.45) is 0 Å². The SMILES string of the molecule is CCC1NC(C)C(C(=O)NC23CC(NC(=O)COC4CCC(Cl)C(F)C4)(C2)C3)O1. The number of amides is 2. The van der Waals surface area contributed by atoms with Crippen molar-refractivity contribution in [1.82, 2.24) is 16.0 Å². The average molecular weight is 432 g/mol. The lowest BCUT2D eigenvalue weighted by Gasteiger charge is -2.70. The smallest absolute Gasteiger partial charge is 0.251 e. The molecule has 0 aromatic carbocycles. The summed E-state index contributed by atoms with van der Waals surface area (Å²) in [7, 11) is 0. The van der Waals surface area contributed by atoms with E-state index in [9.17, 15) is 14.0 Å². The van der Waals surface area contributed by atoms with Gasteiger partial charge in [0.1, 0.15) is 19.0 Å². The molecule has 5 fully saturated rings. The number of carbonyl (C=O) groups is 2. The van der Waals surface area contributed by atoms with Gasteiger partial charge in [-0.25, -0.2) is 4.39 Å². The molecule has 4 saturated carbocycles. The van der Waals surface area contributed by atoms with Gasteiger partial charge in [0.25, 0.3) is 5.91 Å². The van der Waals surface area contributed by atoms with E-state index in [-0.39, 0.29) is 54.3 Å². The van der Waals surface area contributed by atoms with Crippen molar-refractivity contribution in [2.75, 3.05) is 6.61 Å². The molecular weight excluding hydrogens is 401 g/mol. The molecule has 0 radical (unpaired) electrons. The van der Waals surface area contributed by atoms with E-state index in [1.165, 1.54) is 0 Å². The molecule has 2 amide bonds. The molecule has 0 aromatic rings. The van der Waals surface area contributed by atoms with Gasteiger partial charge < -0.3 is 20.1 Å². The van der Waals surface area contributed by atoms with Crippen LogP contribution >= 0.6 is 11.6 Å². The van der Waals surface area contributed by atoms with E-state index in [2.05, 4.69) is 16.0 Å². The fraction of sp³-hybridized carbons (Fsp3) is 0.900. The Balaban J connectivity index is 1.16. The summed E-state index contributed by atoms with van der Waals surface area (Å²) in [5.41, 5.74) is -0.463. The Hall–Kier alpha value is -0.960. The maximum atomic E-state index is 13.7. The van der Waals surface area contributed by atoms with Gasteiger partial charge in [0.05, 0.1) is 11.5 Å². The van der Waals surface area contributed by atoms with Crippen LogP contribution in [0.15, 0.2) is 0 Å². The van der Waals surface area contributed by atoms with Crippen LogP contribution in [0.3, 0.4) is 0 Å². The van der Waals surface area contributed by atoms with Gasteiger partial charge in [0.2, 0.25) is 5.91 Å². The lowest BCUT2D eigenvalue weighted by molar-refractivity contribution is -0.158. The number of hydrogen-bond donors (Lipinski definition) is 3. The molecule has 7 nitrogen and oxygen atoms in total. The maximum absolute atomic E-state index is 13.7. The molecule has 4 aliphatic carbocycles. The molecule has 5 rings (SSSR count). The van der Waals surface area contributed by atoms with Crippen LogP contribution < -0.4 is 16.0 Å². The lowest BCUT2D eigenvalue weighted by Crippen LogP contribution is -2.84. The summed E-state index contributed by atoms with van der Waals surface area (Å²) in [6, 6.07) is -0.0177. The minimum absolute atomic E-state index is 0.0177. The molecule has 164 valence electrons. The van der Waals surface area contributed by atoms with Crippen molar-refractivity contribution in [3.05, 3.63) is 0 Å². The molecule has 29 heavy (non-hydrogen) atoms. The van der Waals surface area contributed by atoms with E-state index in [1.54, 1.807) is 0 Å². The monoisotopic (exact) mass is 431 g/mol. The van der Waals surface area contributed by atoms with E-state index in [0.29, 0.717) is 12.8 Å². The van der Waals surface area contributed by atoms with Crippen LogP contribution in [0.1, 0.15) is 58.8 Å². The number of halogens is 2. The zero-order valence-corrected chi connectivity index (χ0v) is 17.8. The minimum Gasteiger partial charge on any atom is -0.368 e. The molecule has 0 aromatic heterocycles. The Bertz CT molecular complexity index is 646. The average Bonchev–Trinajstić information content (AvgIpc) is 3.01. The Morgan fingerprint density at radius 3 is 2.55 bits per heavy atom. The van der Waals surface area contributed by atoms with Crippen molar-refractivity contribution < 1.29 is 23.5 Å². The van der Waals surface area contributed by atoms with E-state index < -0.39 is 17.7 Å². The second kappa shape index (κ2) is 7.94. The summed E-state index contributed by atoms with van der Waals surface area (Å²) in [6.45, 7) is 3.90. The van der Waals surface area contributed by atoms with Crippen LogP contribution in [0.25, 0.3) is 0 Å². The number of ether oxygens (including phenoxy) is 2. The second-order valence-corrected chi connectivity index (χ2v) is 9.88. The first kappa shape index (κ1) is 21.3. The number of hydrogen-bond acceptors (Lipinski definition) is 5. The summed E-state index contributed by atoms with van der Waals surface area (Å²) in [5, 5.41) is 8.97. The molecule has 0 spiro atoms. The molecule has 5 aliphatic rings. The summed E-state index contributed by atoms with van der Waals surface area (Å²) >= 11 is 5.88. The topological polar surface area (TPSA) is 88.7 Å². The van der Waals surface area contributed by atoms with Crippen molar-refractivity contribution >= 4 is 23.4 Å². The first-order valence-corrected chi connectivity index (χ1v) is 11.1. The van der Waals surface area contributed by atoms with Crippen molar-refractivity contribution in [3.63, 3.8) is 0 Å². The third-order valence-corrected chi connectivity index (χ3v) is 7.25. The zero-order valence-electron chi connectivity index (χ0n) is 17.0. The van der Waals surface area contributed by atoms with Crippen LogP contribution in [-0.2, 0) is 19.1 Å². The molecule has 9 heteroatoms. The highest BCUT2D eigenvalue weighted by molar-refractivity contribution is 6.21. The van der Waals surface area contributed by atoms with Crippen LogP contribution in [0.5, 0.6) is 0 Å². The van der Waals surface area contributed by atoms with Gasteiger partial charge in [-0.3, -0.25) is 14.9 Å². The van der Waals surface area contributed by atoms with Crippen LogP contribution in [-0.4, -0.2) is 65.5 Å². The van der Waals surface area contributed by atoms with Crippen LogP contribution in [0.4, 0.5) is 4.39 Å². The summed E-state index contributed by atoms with van der Waals surface area (Å²) in [5.74, 6) is -0.268. The lowest BCUT2D eigenvalue weighted by atomic mass is 9.44. The minimum atomic E-state index is -1.08. The second-order valence-electron chi connectivity index (χ2n) is 9.32. The van der Waals surface area contributed by atoms with E-state index in [1.807, 2.05) is 13.8 Å². The Kier molecular flexibility index (Phi) is 5.83. The molecule has 6 unspecified atom stereocenters. The van der Waals surface area contributed by atoms with Gasteiger partial charge in [-0.1, -0.05) is 6.92 Å². The number of alkyl halides is 2. The Morgan fingerprint density at radius 1 is 1.24 bits per heavy atom. The number of nitrogens with one attached hydrogen (secondary N) is 3. The predicted octanol–water partition coefficient (Wildman–Crippen LogP) is 1.52. The van der Waals surface area contributed by atoms with Crippen molar-refractivity contribution in [1.29, 1.82) is 0 Å². The quantitative estimate of drug-likeness (QED) is 0.532. The van der Waals surface area contributed by atoms with Gasteiger partial charge in [-0.2, -0.15) is 0 Å². The molecule has 3 N–H and O–H groups in total. The van der Waals surface area contributed by atoms with Gasteiger partial charge in [0, 0.05) is 23.5 Å². The molecule has 1 saturated heterocycles. The first-order valence-electron chi connectivity index (χ1n) is 10.7. The molecule has 1 aliphatic heterocycles. The number of rotatable bonds is 7. The van der Waals surface area contributed by atoms with E-state index >= 15 is 0 Å². The largest absolute Gasteiger partial charge is 0.368 e. The predicted molar refractivity (Wildman–Crippen MR) is 105 cm³/mol. The van der Waals surface area contributed by atoms with E-state index in [4.69, 9.17) is 21.1 Å². The fourth-order valence-corrected chi connectivity index (χ4v) is 5.55. The van der Waals surface area contributed by atoms with E-state index in [0.717, 1.165) is 25.7 Å². The van der Waals surface area contributed by atoms with Gasteiger partial charge in [0.15, 0.2) is 6.10 Å². The summed E-state index contributed by atoms with van der Waals surface area (Å²) < 4.78 is 25.0. The Morgan fingerprint density at radius 2 is 1.93 bits per heavy atom. The maximum Gasteiger partial charge on any atom is 0.251 e. The van der Waals surface area contributed by atoms with Gasteiger partial charge in [-0.15, -0.1) is 11.6 Å². The third-order valence-electron chi connectivity index (χ3n) is 6.76.